The van der Waals surface area contributed by atoms with E-state index in [1.165, 1.54) is 12.1 Å². The number of anilines is 1. The van der Waals surface area contributed by atoms with Crippen molar-refractivity contribution in [3.8, 4) is 0 Å². The summed E-state index contributed by atoms with van der Waals surface area (Å²) in [6.45, 7) is 4.77. The minimum atomic E-state index is -0.243. The number of piperazine rings is 1. The van der Waals surface area contributed by atoms with E-state index in [0.29, 0.717) is 26.1 Å². The van der Waals surface area contributed by atoms with Gasteiger partial charge >= 0.3 is 0 Å². The highest BCUT2D eigenvalue weighted by Gasteiger charge is 2.23. The molecular weight excluding hydrogens is 394 g/mol. The Bertz CT molecular complexity index is 604. The Morgan fingerprint density at radius 2 is 1.78 bits per heavy atom. The van der Waals surface area contributed by atoms with Crippen molar-refractivity contribution in [1.29, 1.82) is 0 Å². The number of nitrogens with one attached hydrogen (secondary N) is 2. The number of nitrogens with zero attached hydrogens (tertiary/aromatic N) is 2. The van der Waals surface area contributed by atoms with Gasteiger partial charge in [0.1, 0.15) is 5.82 Å². The van der Waals surface area contributed by atoms with Gasteiger partial charge in [-0.1, -0.05) is 0 Å². The molecule has 0 aromatic heterocycles. The van der Waals surface area contributed by atoms with Crippen LogP contribution < -0.4 is 15.5 Å². The molecule has 1 aromatic carbocycles. The van der Waals surface area contributed by atoms with E-state index in [2.05, 4.69) is 15.5 Å². The molecule has 0 saturated carbocycles. The van der Waals surface area contributed by atoms with Crippen molar-refractivity contribution in [3.05, 3.63) is 30.1 Å². The molecule has 0 aliphatic carbocycles. The van der Waals surface area contributed by atoms with Gasteiger partial charge in [-0.3, -0.25) is 9.59 Å². The van der Waals surface area contributed by atoms with Crippen LogP contribution in [0.5, 0.6) is 0 Å². The Balaban J connectivity index is 0.00000182. The van der Waals surface area contributed by atoms with Crippen molar-refractivity contribution in [2.75, 3.05) is 50.7 Å². The smallest absolute Gasteiger partial charge is 0.224 e. The van der Waals surface area contributed by atoms with Gasteiger partial charge in [0.15, 0.2) is 0 Å². The highest BCUT2D eigenvalue weighted by Crippen LogP contribution is 2.17. The van der Waals surface area contributed by atoms with Crippen molar-refractivity contribution in [2.24, 2.45) is 5.92 Å². The van der Waals surface area contributed by atoms with Crippen LogP contribution in [0.15, 0.2) is 24.3 Å². The molecule has 0 radical (unpaired) electrons. The topological polar surface area (TPSA) is 64.7 Å². The Hall–Kier alpha value is -1.57. The van der Waals surface area contributed by atoms with Crippen LogP contribution in [-0.2, 0) is 9.59 Å². The van der Waals surface area contributed by atoms with Gasteiger partial charge in [-0.15, -0.1) is 24.8 Å². The molecule has 2 fully saturated rings. The van der Waals surface area contributed by atoms with Gasteiger partial charge in [-0.25, -0.2) is 4.39 Å². The van der Waals surface area contributed by atoms with Crippen LogP contribution in [0.4, 0.5) is 10.1 Å². The zero-order valence-electron chi connectivity index (χ0n) is 15.2. The van der Waals surface area contributed by atoms with E-state index >= 15 is 0 Å². The average molecular weight is 421 g/mol. The first-order valence-electron chi connectivity index (χ1n) is 8.90. The molecule has 1 aromatic rings. The Labute approximate surface area is 171 Å². The first-order valence-corrected chi connectivity index (χ1v) is 8.90. The fourth-order valence-electron chi connectivity index (χ4n) is 3.34. The number of carbonyl (C=O) groups excluding carboxylic acids is 2. The van der Waals surface area contributed by atoms with Gasteiger partial charge in [0.2, 0.25) is 11.8 Å². The second-order valence-corrected chi connectivity index (χ2v) is 6.58. The van der Waals surface area contributed by atoms with E-state index in [0.717, 1.165) is 38.3 Å². The molecule has 9 heteroatoms. The molecule has 0 spiro atoms. The maximum atomic E-state index is 13.0. The van der Waals surface area contributed by atoms with Crippen LogP contribution >= 0.6 is 24.8 Å². The summed E-state index contributed by atoms with van der Waals surface area (Å²) < 4.78 is 13.0. The predicted molar refractivity (Wildman–Crippen MR) is 108 cm³/mol. The van der Waals surface area contributed by atoms with Gasteiger partial charge in [0.05, 0.1) is 5.92 Å². The molecule has 2 N–H and O–H groups in total. The molecular formula is C18H27Cl2FN4O2. The maximum Gasteiger partial charge on any atom is 0.224 e. The number of carbonyl (C=O) groups is 2. The van der Waals surface area contributed by atoms with E-state index in [1.807, 2.05) is 4.90 Å². The van der Waals surface area contributed by atoms with E-state index in [1.54, 1.807) is 12.1 Å². The molecule has 1 unspecified atom stereocenters. The zero-order valence-corrected chi connectivity index (χ0v) is 16.8. The number of hydrogen-bond donors (Lipinski definition) is 2. The van der Waals surface area contributed by atoms with Gasteiger partial charge in [-0.2, -0.15) is 0 Å². The van der Waals surface area contributed by atoms with Crippen LogP contribution in [0.3, 0.4) is 0 Å². The minimum absolute atomic E-state index is 0. The highest BCUT2D eigenvalue weighted by atomic mass is 35.5. The summed E-state index contributed by atoms with van der Waals surface area (Å²) in [6, 6.07) is 6.44. The van der Waals surface area contributed by atoms with Crippen molar-refractivity contribution in [1.82, 2.24) is 15.5 Å². The van der Waals surface area contributed by atoms with Crippen molar-refractivity contribution in [2.45, 2.75) is 12.8 Å². The van der Waals surface area contributed by atoms with E-state index in [-0.39, 0.29) is 48.4 Å². The second-order valence-electron chi connectivity index (χ2n) is 6.58. The molecule has 2 amide bonds. The lowest BCUT2D eigenvalue weighted by atomic mass is 10.1. The molecule has 2 aliphatic rings. The third-order valence-corrected chi connectivity index (χ3v) is 4.89. The quantitative estimate of drug-likeness (QED) is 0.755. The molecule has 3 rings (SSSR count). The third kappa shape index (κ3) is 6.52. The summed E-state index contributed by atoms with van der Waals surface area (Å²) >= 11 is 0. The summed E-state index contributed by atoms with van der Waals surface area (Å²) in [6.07, 6.45) is 1.20. The Kier molecular flexibility index (Phi) is 9.83. The average Bonchev–Trinajstić information content (AvgIpc) is 3.17. The molecule has 27 heavy (non-hydrogen) atoms. The van der Waals surface area contributed by atoms with Gasteiger partial charge in [0, 0.05) is 51.4 Å². The van der Waals surface area contributed by atoms with Crippen molar-refractivity contribution < 1.29 is 14.0 Å². The van der Waals surface area contributed by atoms with Gasteiger partial charge in [-0.05, 0) is 37.2 Å². The SMILES string of the molecule is Cl.Cl.O=C(NCCC(=O)N1CCN(c2ccc(F)cc2)CC1)C1CCNC1. The van der Waals surface area contributed by atoms with Gasteiger partial charge < -0.3 is 20.4 Å². The maximum absolute atomic E-state index is 13.0. The first kappa shape index (κ1) is 23.5. The summed E-state index contributed by atoms with van der Waals surface area (Å²) in [5, 5.41) is 6.03. The number of rotatable bonds is 5. The largest absolute Gasteiger partial charge is 0.368 e. The second kappa shape index (κ2) is 11.3. The Morgan fingerprint density at radius 3 is 2.37 bits per heavy atom. The summed E-state index contributed by atoms with van der Waals surface area (Å²) in [7, 11) is 0. The predicted octanol–water partition coefficient (Wildman–Crippen LogP) is 1.43. The number of amides is 2. The van der Waals surface area contributed by atoms with Crippen LogP contribution in [0.2, 0.25) is 0 Å². The fraction of sp³-hybridized carbons (Fsp3) is 0.556. The van der Waals surface area contributed by atoms with Crippen LogP contribution in [0.25, 0.3) is 0 Å². The van der Waals surface area contributed by atoms with Crippen molar-refractivity contribution >= 4 is 42.3 Å². The highest BCUT2D eigenvalue weighted by molar-refractivity contribution is 5.85. The van der Waals surface area contributed by atoms with E-state index in [4.69, 9.17) is 0 Å². The fourth-order valence-corrected chi connectivity index (χ4v) is 3.34. The molecule has 152 valence electrons. The van der Waals surface area contributed by atoms with Crippen LogP contribution in [0, 0.1) is 11.7 Å². The number of hydrogen-bond acceptors (Lipinski definition) is 4. The van der Waals surface area contributed by atoms with Crippen molar-refractivity contribution in [3.63, 3.8) is 0 Å². The summed E-state index contributed by atoms with van der Waals surface area (Å²) in [4.78, 5) is 28.2. The monoisotopic (exact) mass is 420 g/mol. The third-order valence-electron chi connectivity index (χ3n) is 4.89. The molecule has 0 bridgehead atoms. The number of benzene rings is 1. The van der Waals surface area contributed by atoms with Crippen LogP contribution in [0.1, 0.15) is 12.8 Å². The lowest BCUT2D eigenvalue weighted by molar-refractivity contribution is -0.131. The van der Waals surface area contributed by atoms with Crippen LogP contribution in [-0.4, -0.2) is 62.5 Å². The van der Waals surface area contributed by atoms with E-state index < -0.39 is 0 Å². The Morgan fingerprint density at radius 1 is 1.11 bits per heavy atom. The molecule has 2 heterocycles. The van der Waals surface area contributed by atoms with E-state index in [9.17, 15) is 14.0 Å². The van der Waals surface area contributed by atoms with Gasteiger partial charge in [0.25, 0.3) is 0 Å². The normalized spacial score (nSPS) is 19.1. The standard InChI is InChI=1S/C18H25FN4O2.2ClH/c19-15-1-3-16(4-2-15)22-9-11-23(12-10-22)17(24)6-8-21-18(25)14-5-7-20-13-14;;/h1-4,14,20H,5-13H2,(H,21,25);2*1H. The lowest BCUT2D eigenvalue weighted by Gasteiger charge is -2.36. The number of halogens is 3. The molecule has 6 nitrogen and oxygen atoms in total. The summed E-state index contributed by atoms with van der Waals surface area (Å²) in [5.41, 5.74) is 0.978. The molecule has 1 atom stereocenters. The molecule has 2 saturated heterocycles. The minimum Gasteiger partial charge on any atom is -0.368 e. The lowest BCUT2D eigenvalue weighted by Crippen LogP contribution is -2.49. The molecule has 2 aliphatic heterocycles. The zero-order chi connectivity index (χ0) is 17.6. The first-order chi connectivity index (χ1) is 12.1. The summed E-state index contributed by atoms with van der Waals surface area (Å²) in [5.74, 6) is -0.0927.